The van der Waals surface area contributed by atoms with E-state index in [2.05, 4.69) is 0 Å². The zero-order valence-corrected chi connectivity index (χ0v) is 11.9. The number of carbonyl (C=O) groups is 1. The fraction of sp³-hybridized carbons (Fsp3) is 0.143. The molecule has 0 saturated heterocycles. The molecule has 1 amide bonds. The number of pyridine rings is 1. The Labute approximate surface area is 122 Å². The molecule has 1 heterocycles. The maximum Gasteiger partial charge on any atom is 0.264 e. The van der Waals surface area contributed by atoms with E-state index >= 15 is 0 Å². The van der Waals surface area contributed by atoms with Crippen molar-refractivity contribution in [2.45, 2.75) is 17.9 Å². The minimum atomic E-state index is -3.86. The predicted molar refractivity (Wildman–Crippen MR) is 77.1 cm³/mol. The first-order chi connectivity index (χ1) is 9.99. The first-order valence-electron chi connectivity index (χ1n) is 6.25. The van der Waals surface area contributed by atoms with Gasteiger partial charge in [-0.3, -0.25) is 9.59 Å². The van der Waals surface area contributed by atoms with Gasteiger partial charge in [0.1, 0.15) is 0 Å². The van der Waals surface area contributed by atoms with Gasteiger partial charge in [-0.2, -0.15) is 0 Å². The number of hydrogen-bond donors (Lipinski definition) is 1. The van der Waals surface area contributed by atoms with Gasteiger partial charge in [0.2, 0.25) is 5.91 Å². The molecule has 0 fully saturated rings. The van der Waals surface area contributed by atoms with E-state index in [1.165, 1.54) is 22.8 Å². The van der Waals surface area contributed by atoms with E-state index in [0.29, 0.717) is 0 Å². The van der Waals surface area contributed by atoms with Crippen molar-refractivity contribution < 1.29 is 13.2 Å². The number of aromatic nitrogens is 1. The number of hydrogen-bond acceptors (Lipinski definition) is 4. The summed E-state index contributed by atoms with van der Waals surface area (Å²) >= 11 is 0. The minimum Gasteiger partial charge on any atom is -0.315 e. The molecule has 0 unspecified atom stereocenters. The lowest BCUT2D eigenvalue weighted by Gasteiger charge is -2.07. The molecular weight excluding hydrogens is 292 g/mol. The average molecular weight is 306 g/mol. The van der Waals surface area contributed by atoms with Gasteiger partial charge in [0.15, 0.2) is 0 Å². The Bertz CT molecular complexity index is 782. The number of amides is 1. The van der Waals surface area contributed by atoms with Crippen molar-refractivity contribution in [2.75, 3.05) is 0 Å². The van der Waals surface area contributed by atoms with Gasteiger partial charge in [-0.1, -0.05) is 24.3 Å². The Morgan fingerprint density at radius 3 is 2.38 bits per heavy atom. The molecule has 0 saturated carbocycles. The van der Waals surface area contributed by atoms with Crippen molar-refractivity contribution in [1.82, 2.24) is 9.29 Å². The van der Waals surface area contributed by atoms with Crippen molar-refractivity contribution in [2.24, 2.45) is 0 Å². The van der Waals surface area contributed by atoms with Gasteiger partial charge in [0, 0.05) is 25.2 Å². The van der Waals surface area contributed by atoms with Crippen LogP contribution in [-0.4, -0.2) is 18.9 Å². The fourth-order valence-corrected chi connectivity index (χ4v) is 2.76. The third-order valence-electron chi connectivity index (χ3n) is 2.78. The topological polar surface area (TPSA) is 85.2 Å². The molecule has 6 nitrogen and oxygen atoms in total. The molecule has 0 bridgehead atoms. The SMILES string of the molecule is O=C(CCn1ccccc1=O)NS(=O)(=O)c1ccccc1. The smallest absolute Gasteiger partial charge is 0.264 e. The summed E-state index contributed by atoms with van der Waals surface area (Å²) < 4.78 is 27.2. The molecule has 0 aliphatic rings. The van der Waals surface area contributed by atoms with Crippen LogP contribution in [0.4, 0.5) is 0 Å². The molecule has 7 heteroatoms. The van der Waals surface area contributed by atoms with Gasteiger partial charge in [-0.05, 0) is 18.2 Å². The zero-order valence-electron chi connectivity index (χ0n) is 11.1. The summed E-state index contributed by atoms with van der Waals surface area (Å²) in [4.78, 5) is 23.2. The molecular formula is C14H14N2O4S. The minimum absolute atomic E-state index is 0.0234. The number of sulfonamides is 1. The number of nitrogens with one attached hydrogen (secondary N) is 1. The van der Waals surface area contributed by atoms with Crippen molar-refractivity contribution in [3.8, 4) is 0 Å². The number of nitrogens with zero attached hydrogens (tertiary/aromatic N) is 1. The lowest BCUT2D eigenvalue weighted by Crippen LogP contribution is -2.32. The van der Waals surface area contributed by atoms with Gasteiger partial charge >= 0.3 is 0 Å². The fourth-order valence-electron chi connectivity index (χ4n) is 1.73. The molecule has 110 valence electrons. The van der Waals surface area contributed by atoms with Crippen molar-refractivity contribution in [1.29, 1.82) is 0 Å². The van der Waals surface area contributed by atoms with E-state index in [4.69, 9.17) is 0 Å². The molecule has 2 aromatic rings. The molecule has 0 radical (unpaired) electrons. The third kappa shape index (κ3) is 4.03. The average Bonchev–Trinajstić information content (AvgIpc) is 2.47. The molecule has 0 aliphatic carbocycles. The van der Waals surface area contributed by atoms with Crippen LogP contribution < -0.4 is 10.3 Å². The van der Waals surface area contributed by atoms with E-state index in [1.54, 1.807) is 36.5 Å². The molecule has 1 aromatic heterocycles. The van der Waals surface area contributed by atoms with Crippen LogP contribution >= 0.6 is 0 Å². The van der Waals surface area contributed by atoms with Crippen LogP contribution in [0.2, 0.25) is 0 Å². The molecule has 2 rings (SSSR count). The molecule has 0 spiro atoms. The Hall–Kier alpha value is -2.41. The predicted octanol–water partition coefficient (Wildman–Crippen LogP) is 0.743. The first kappa shape index (κ1) is 15.0. The lowest BCUT2D eigenvalue weighted by molar-refractivity contribution is -0.119. The Morgan fingerprint density at radius 2 is 1.71 bits per heavy atom. The van der Waals surface area contributed by atoms with Gasteiger partial charge < -0.3 is 4.57 Å². The Kier molecular flexibility index (Phi) is 4.54. The third-order valence-corrected chi connectivity index (χ3v) is 4.17. The molecule has 0 aliphatic heterocycles. The van der Waals surface area contributed by atoms with Crippen LogP contribution in [0, 0.1) is 0 Å². The van der Waals surface area contributed by atoms with E-state index in [9.17, 15) is 18.0 Å². The zero-order chi connectivity index (χ0) is 15.3. The summed E-state index contributed by atoms with van der Waals surface area (Å²) in [6, 6.07) is 12.3. The van der Waals surface area contributed by atoms with Crippen LogP contribution in [0.3, 0.4) is 0 Å². The second-order valence-electron chi connectivity index (χ2n) is 4.32. The standard InChI is InChI=1S/C14H14N2O4S/c17-13(9-11-16-10-5-4-8-14(16)18)15-21(19,20)12-6-2-1-3-7-12/h1-8,10H,9,11H2,(H,15,17). The lowest BCUT2D eigenvalue weighted by atomic mass is 10.4. The monoisotopic (exact) mass is 306 g/mol. The second kappa shape index (κ2) is 6.36. The highest BCUT2D eigenvalue weighted by atomic mass is 32.2. The summed E-state index contributed by atoms with van der Waals surface area (Å²) in [5, 5.41) is 0. The Balaban J connectivity index is 2.00. The van der Waals surface area contributed by atoms with Crippen LogP contribution in [0.1, 0.15) is 6.42 Å². The number of aryl methyl sites for hydroxylation is 1. The van der Waals surface area contributed by atoms with Gasteiger partial charge in [-0.15, -0.1) is 0 Å². The van der Waals surface area contributed by atoms with Gasteiger partial charge in [-0.25, -0.2) is 13.1 Å². The van der Waals surface area contributed by atoms with Crippen LogP contribution in [-0.2, 0) is 21.4 Å². The van der Waals surface area contributed by atoms with Crippen molar-refractivity contribution in [3.63, 3.8) is 0 Å². The highest BCUT2D eigenvalue weighted by Crippen LogP contribution is 2.07. The molecule has 1 N–H and O–H groups in total. The van der Waals surface area contributed by atoms with E-state index in [1.807, 2.05) is 4.72 Å². The summed E-state index contributed by atoms with van der Waals surface area (Å²) in [6.45, 7) is 0.121. The normalized spacial score (nSPS) is 11.0. The largest absolute Gasteiger partial charge is 0.315 e. The van der Waals surface area contributed by atoms with E-state index in [0.717, 1.165) is 0 Å². The Morgan fingerprint density at radius 1 is 1.05 bits per heavy atom. The van der Waals surface area contributed by atoms with Crippen molar-refractivity contribution in [3.05, 3.63) is 65.1 Å². The molecule has 1 aromatic carbocycles. The van der Waals surface area contributed by atoms with E-state index in [-0.39, 0.29) is 23.4 Å². The summed E-state index contributed by atoms with van der Waals surface area (Å²) in [5.41, 5.74) is -0.240. The van der Waals surface area contributed by atoms with Gasteiger partial charge in [0.25, 0.3) is 15.6 Å². The van der Waals surface area contributed by atoms with Gasteiger partial charge in [0.05, 0.1) is 4.90 Å². The number of benzene rings is 1. The van der Waals surface area contributed by atoms with Crippen LogP contribution in [0.5, 0.6) is 0 Å². The second-order valence-corrected chi connectivity index (χ2v) is 6.01. The highest BCUT2D eigenvalue weighted by Gasteiger charge is 2.16. The first-order valence-corrected chi connectivity index (χ1v) is 7.73. The molecule has 21 heavy (non-hydrogen) atoms. The molecule has 0 atom stereocenters. The van der Waals surface area contributed by atoms with Crippen molar-refractivity contribution >= 4 is 15.9 Å². The van der Waals surface area contributed by atoms with E-state index < -0.39 is 15.9 Å². The van der Waals surface area contributed by atoms with Crippen LogP contribution in [0.25, 0.3) is 0 Å². The summed E-state index contributed by atoms with van der Waals surface area (Å²) in [6.07, 6.45) is 1.44. The quantitative estimate of drug-likeness (QED) is 0.883. The maximum absolute atomic E-state index is 11.9. The number of rotatable bonds is 5. The summed E-state index contributed by atoms with van der Waals surface area (Å²) in [7, 11) is -3.86. The highest BCUT2D eigenvalue weighted by molar-refractivity contribution is 7.90. The maximum atomic E-state index is 11.9. The van der Waals surface area contributed by atoms with Crippen LogP contribution in [0.15, 0.2) is 64.4 Å². The number of carbonyl (C=O) groups excluding carboxylic acids is 1. The summed E-state index contributed by atoms with van der Waals surface area (Å²) in [5.74, 6) is -0.658.